The van der Waals surface area contributed by atoms with Gasteiger partial charge in [-0.3, -0.25) is 4.68 Å². The van der Waals surface area contributed by atoms with Crippen molar-refractivity contribution in [3.05, 3.63) is 82.2 Å². The number of hydrogen-bond donors (Lipinski definition) is 3. The van der Waals surface area contributed by atoms with Gasteiger partial charge in [-0.2, -0.15) is 5.10 Å². The summed E-state index contributed by atoms with van der Waals surface area (Å²) in [7, 11) is 1.87. The first kappa shape index (κ1) is 19.8. The number of rotatable bonds is 6. The molecule has 6 nitrogen and oxygen atoms in total. The molecule has 0 amide bonds. The highest BCUT2D eigenvalue weighted by Gasteiger charge is 2.10. The summed E-state index contributed by atoms with van der Waals surface area (Å²) < 4.78 is 1.75. The summed E-state index contributed by atoms with van der Waals surface area (Å²) in [6.07, 6.45) is 11.3. The van der Waals surface area contributed by atoms with Crippen LogP contribution in [0, 0.1) is 0 Å². The first-order valence-corrected chi connectivity index (χ1v) is 9.51. The van der Waals surface area contributed by atoms with Crippen LogP contribution in [0.1, 0.15) is 24.5 Å². The standard InChI is InChI=1S/C21H25ClN6/c1-15-6-5-8-18(11-10-15)24-13-17-14-26-28(2)20(17)27-21(23)25-12-16-7-3-4-9-19(16)22/h3-4,6-11,14,24H,5,12-13H2,1-2H3,(H3,23,25,27). The second kappa shape index (κ2) is 9.28. The van der Waals surface area contributed by atoms with Crippen LogP contribution in [-0.4, -0.2) is 15.7 Å². The topological polar surface area (TPSA) is 80.3 Å². The van der Waals surface area contributed by atoms with Crippen LogP contribution in [0.5, 0.6) is 0 Å². The number of hydrogen-bond acceptors (Lipinski definition) is 3. The number of guanidine groups is 1. The Bertz CT molecular complexity index is 952. The second-order valence-corrected chi connectivity index (χ2v) is 7.00. The van der Waals surface area contributed by atoms with E-state index in [0.717, 1.165) is 29.1 Å². The number of nitrogens with two attached hydrogens (primary N) is 1. The van der Waals surface area contributed by atoms with Crippen LogP contribution in [0.3, 0.4) is 0 Å². The molecule has 1 aromatic heterocycles. The van der Waals surface area contributed by atoms with Crippen molar-refractivity contribution in [2.75, 3.05) is 5.32 Å². The van der Waals surface area contributed by atoms with Gasteiger partial charge in [-0.15, -0.1) is 0 Å². The minimum Gasteiger partial charge on any atom is -0.381 e. The Labute approximate surface area is 170 Å². The van der Waals surface area contributed by atoms with Gasteiger partial charge in [-0.1, -0.05) is 53.6 Å². The van der Waals surface area contributed by atoms with E-state index in [-0.39, 0.29) is 0 Å². The van der Waals surface area contributed by atoms with Crippen LogP contribution in [-0.2, 0) is 20.1 Å². The van der Waals surface area contributed by atoms with Gasteiger partial charge in [-0.05, 0) is 31.1 Å². The Kier molecular flexibility index (Phi) is 6.55. The monoisotopic (exact) mass is 396 g/mol. The Morgan fingerprint density at radius 1 is 1.25 bits per heavy atom. The molecule has 0 atom stereocenters. The van der Waals surface area contributed by atoms with Crippen LogP contribution in [0.25, 0.3) is 0 Å². The molecule has 0 spiro atoms. The van der Waals surface area contributed by atoms with Gasteiger partial charge in [0.05, 0.1) is 12.7 Å². The van der Waals surface area contributed by atoms with E-state index in [4.69, 9.17) is 17.3 Å². The van der Waals surface area contributed by atoms with Crippen molar-refractivity contribution in [3.63, 3.8) is 0 Å². The van der Waals surface area contributed by atoms with Crippen molar-refractivity contribution < 1.29 is 0 Å². The fourth-order valence-electron chi connectivity index (χ4n) is 2.79. The quantitative estimate of drug-likeness (QED) is 0.511. The summed E-state index contributed by atoms with van der Waals surface area (Å²) >= 11 is 6.17. The molecule has 0 bridgehead atoms. The fourth-order valence-corrected chi connectivity index (χ4v) is 2.98. The molecule has 146 valence electrons. The van der Waals surface area contributed by atoms with E-state index in [1.54, 1.807) is 4.68 Å². The third-order valence-electron chi connectivity index (χ3n) is 4.42. The lowest BCUT2D eigenvalue weighted by atomic mass is 10.2. The van der Waals surface area contributed by atoms with E-state index in [0.29, 0.717) is 24.1 Å². The minimum atomic E-state index is 0.318. The third-order valence-corrected chi connectivity index (χ3v) is 4.79. The first-order chi connectivity index (χ1) is 13.5. The van der Waals surface area contributed by atoms with Gasteiger partial charge in [-0.25, -0.2) is 4.99 Å². The summed E-state index contributed by atoms with van der Waals surface area (Å²) in [5, 5.41) is 11.6. The Hall–Kier alpha value is -2.99. The molecule has 0 unspecified atom stereocenters. The van der Waals surface area contributed by atoms with E-state index in [1.165, 1.54) is 5.57 Å². The molecular weight excluding hydrogens is 372 g/mol. The molecule has 7 heteroatoms. The zero-order valence-electron chi connectivity index (χ0n) is 16.1. The molecule has 0 aliphatic heterocycles. The molecule has 3 rings (SSSR count). The molecule has 1 heterocycles. The van der Waals surface area contributed by atoms with E-state index >= 15 is 0 Å². The van der Waals surface area contributed by atoms with Gasteiger partial charge in [0.15, 0.2) is 5.96 Å². The van der Waals surface area contributed by atoms with Crippen LogP contribution >= 0.6 is 11.6 Å². The summed E-state index contributed by atoms with van der Waals surface area (Å²) in [5.41, 5.74) is 10.4. The summed E-state index contributed by atoms with van der Waals surface area (Å²) in [6, 6.07) is 7.60. The van der Waals surface area contributed by atoms with Crippen LogP contribution in [0.4, 0.5) is 5.82 Å². The molecule has 0 fully saturated rings. The number of nitrogens with one attached hydrogen (secondary N) is 2. The van der Waals surface area contributed by atoms with Crippen molar-refractivity contribution >= 4 is 23.4 Å². The minimum absolute atomic E-state index is 0.318. The number of halogens is 1. The predicted octanol–water partition coefficient (Wildman–Crippen LogP) is 3.88. The lowest BCUT2D eigenvalue weighted by Crippen LogP contribution is -2.25. The molecule has 0 saturated carbocycles. The van der Waals surface area contributed by atoms with Gasteiger partial charge in [0.2, 0.25) is 0 Å². The van der Waals surface area contributed by atoms with Crippen LogP contribution in [0.15, 0.2) is 71.0 Å². The lowest BCUT2D eigenvalue weighted by Gasteiger charge is -2.11. The van der Waals surface area contributed by atoms with Crippen molar-refractivity contribution in [1.82, 2.24) is 15.1 Å². The SMILES string of the molecule is CC1=CCC=C(NCc2cnn(C)c2NC(N)=NCc2ccccc2Cl)C=C1. The van der Waals surface area contributed by atoms with Crippen molar-refractivity contribution in [2.24, 2.45) is 17.8 Å². The number of aryl methyl sites for hydroxylation is 1. The van der Waals surface area contributed by atoms with E-state index in [2.05, 4.69) is 52.0 Å². The Balaban J connectivity index is 1.64. The molecule has 2 aromatic rings. The average molecular weight is 397 g/mol. The lowest BCUT2D eigenvalue weighted by molar-refractivity contribution is 0.775. The highest BCUT2D eigenvalue weighted by molar-refractivity contribution is 6.31. The van der Waals surface area contributed by atoms with Crippen LogP contribution in [0.2, 0.25) is 5.02 Å². The maximum Gasteiger partial charge on any atom is 0.194 e. The Morgan fingerprint density at radius 3 is 2.89 bits per heavy atom. The smallest absolute Gasteiger partial charge is 0.194 e. The molecule has 1 aromatic carbocycles. The highest BCUT2D eigenvalue weighted by Crippen LogP contribution is 2.17. The third kappa shape index (κ3) is 5.27. The number of allylic oxidation sites excluding steroid dienone is 5. The molecule has 4 N–H and O–H groups in total. The molecule has 0 radical (unpaired) electrons. The van der Waals surface area contributed by atoms with Crippen molar-refractivity contribution in [3.8, 4) is 0 Å². The number of aromatic nitrogens is 2. The van der Waals surface area contributed by atoms with E-state index in [9.17, 15) is 0 Å². The zero-order chi connectivity index (χ0) is 19.9. The maximum atomic E-state index is 6.17. The average Bonchev–Trinajstić information content (AvgIpc) is 2.88. The predicted molar refractivity (Wildman–Crippen MR) is 116 cm³/mol. The summed E-state index contributed by atoms with van der Waals surface area (Å²) in [4.78, 5) is 4.39. The van der Waals surface area contributed by atoms with Gasteiger partial charge >= 0.3 is 0 Å². The zero-order valence-corrected chi connectivity index (χ0v) is 16.9. The van der Waals surface area contributed by atoms with Gasteiger partial charge in [0.1, 0.15) is 5.82 Å². The van der Waals surface area contributed by atoms with Crippen LogP contribution < -0.4 is 16.4 Å². The number of benzene rings is 1. The fraction of sp³-hybridized carbons (Fsp3) is 0.238. The summed E-state index contributed by atoms with van der Waals surface area (Å²) in [5.74, 6) is 1.12. The van der Waals surface area contributed by atoms with E-state index < -0.39 is 0 Å². The Morgan fingerprint density at radius 2 is 2.07 bits per heavy atom. The van der Waals surface area contributed by atoms with Gasteiger partial charge < -0.3 is 16.4 Å². The molecule has 28 heavy (non-hydrogen) atoms. The normalized spacial score (nSPS) is 14.3. The van der Waals surface area contributed by atoms with Gasteiger partial charge in [0.25, 0.3) is 0 Å². The highest BCUT2D eigenvalue weighted by atomic mass is 35.5. The molecular formula is C21H25ClN6. The second-order valence-electron chi connectivity index (χ2n) is 6.59. The molecule has 0 saturated heterocycles. The van der Waals surface area contributed by atoms with Crippen molar-refractivity contribution in [1.29, 1.82) is 0 Å². The van der Waals surface area contributed by atoms with Crippen molar-refractivity contribution in [2.45, 2.75) is 26.4 Å². The molecule has 1 aliphatic rings. The van der Waals surface area contributed by atoms with Gasteiger partial charge in [0, 0.05) is 29.9 Å². The maximum absolute atomic E-state index is 6.17. The number of aliphatic imine (C=N–C) groups is 1. The first-order valence-electron chi connectivity index (χ1n) is 9.13. The largest absolute Gasteiger partial charge is 0.381 e. The summed E-state index contributed by atoms with van der Waals surface area (Å²) in [6.45, 7) is 3.14. The van der Waals surface area contributed by atoms with E-state index in [1.807, 2.05) is 37.5 Å². The number of nitrogens with zero attached hydrogens (tertiary/aromatic N) is 3. The molecule has 1 aliphatic carbocycles. The number of anilines is 1.